The van der Waals surface area contributed by atoms with Gasteiger partial charge in [-0.1, -0.05) is 6.08 Å². The molecule has 0 saturated carbocycles. The molecule has 0 radical (unpaired) electrons. The highest BCUT2D eigenvalue weighted by atomic mass is 16.4. The summed E-state index contributed by atoms with van der Waals surface area (Å²) >= 11 is 0. The molecule has 3 heteroatoms. The van der Waals surface area contributed by atoms with Crippen molar-refractivity contribution in [1.29, 1.82) is 0 Å². The molecule has 2 heterocycles. The normalized spacial score (nSPS) is 30.2. The first-order chi connectivity index (χ1) is 5.27. The van der Waals surface area contributed by atoms with Crippen molar-refractivity contribution in [3.8, 4) is 0 Å². The summed E-state index contributed by atoms with van der Waals surface area (Å²) in [5.41, 5.74) is 0.578. The standard InChI is InChI=1S/C8H11NO2/c10-8(11)6-4-7-2-1-3-9(7)5-6/h4,7H,1-3,5H2,(H,10,11). The Balaban J connectivity index is 2.13. The fourth-order valence-corrected chi connectivity index (χ4v) is 1.88. The van der Waals surface area contributed by atoms with Gasteiger partial charge in [0.05, 0.1) is 0 Å². The van der Waals surface area contributed by atoms with Crippen LogP contribution in [0.3, 0.4) is 0 Å². The summed E-state index contributed by atoms with van der Waals surface area (Å²) in [5.74, 6) is -0.751. The van der Waals surface area contributed by atoms with E-state index < -0.39 is 5.97 Å². The van der Waals surface area contributed by atoms with E-state index in [2.05, 4.69) is 4.90 Å². The van der Waals surface area contributed by atoms with Crippen LogP contribution in [0.2, 0.25) is 0 Å². The molecule has 0 aromatic carbocycles. The van der Waals surface area contributed by atoms with Gasteiger partial charge < -0.3 is 5.11 Å². The van der Waals surface area contributed by atoms with E-state index in [1.54, 1.807) is 0 Å². The van der Waals surface area contributed by atoms with Crippen molar-refractivity contribution in [2.75, 3.05) is 13.1 Å². The van der Waals surface area contributed by atoms with Gasteiger partial charge >= 0.3 is 5.97 Å². The van der Waals surface area contributed by atoms with Crippen molar-refractivity contribution in [2.24, 2.45) is 0 Å². The molecule has 1 fully saturated rings. The fourth-order valence-electron chi connectivity index (χ4n) is 1.88. The zero-order valence-corrected chi connectivity index (χ0v) is 6.29. The molecule has 1 N–H and O–H groups in total. The van der Waals surface area contributed by atoms with Crippen LogP contribution in [0.25, 0.3) is 0 Å². The Morgan fingerprint density at radius 1 is 1.73 bits per heavy atom. The molecular weight excluding hydrogens is 142 g/mol. The molecule has 0 spiro atoms. The van der Waals surface area contributed by atoms with Crippen molar-refractivity contribution in [3.05, 3.63) is 11.6 Å². The van der Waals surface area contributed by atoms with Crippen molar-refractivity contribution < 1.29 is 9.90 Å². The van der Waals surface area contributed by atoms with Crippen LogP contribution in [0.1, 0.15) is 12.8 Å². The molecule has 0 aromatic rings. The number of rotatable bonds is 1. The Hall–Kier alpha value is -0.830. The number of hydrogen-bond acceptors (Lipinski definition) is 2. The van der Waals surface area contributed by atoms with Crippen LogP contribution in [0.5, 0.6) is 0 Å². The third kappa shape index (κ3) is 1.05. The molecule has 1 saturated heterocycles. The number of carbonyl (C=O) groups is 1. The van der Waals surface area contributed by atoms with Gasteiger partial charge in [0, 0.05) is 18.2 Å². The van der Waals surface area contributed by atoms with Gasteiger partial charge in [0.15, 0.2) is 0 Å². The van der Waals surface area contributed by atoms with Gasteiger partial charge in [0.1, 0.15) is 0 Å². The van der Waals surface area contributed by atoms with Gasteiger partial charge in [0.2, 0.25) is 0 Å². The fraction of sp³-hybridized carbons (Fsp3) is 0.625. The van der Waals surface area contributed by atoms with Crippen molar-refractivity contribution in [1.82, 2.24) is 4.90 Å². The summed E-state index contributed by atoms with van der Waals surface area (Å²) in [7, 11) is 0. The van der Waals surface area contributed by atoms with Crippen molar-refractivity contribution >= 4 is 5.97 Å². The third-order valence-electron chi connectivity index (χ3n) is 2.46. The molecule has 2 aliphatic heterocycles. The van der Waals surface area contributed by atoms with Gasteiger partial charge in [-0.15, -0.1) is 0 Å². The van der Waals surface area contributed by atoms with E-state index in [-0.39, 0.29) is 0 Å². The second kappa shape index (κ2) is 2.34. The smallest absolute Gasteiger partial charge is 0.332 e. The Kier molecular flexibility index (Phi) is 1.46. The summed E-state index contributed by atoms with van der Waals surface area (Å²) in [5, 5.41) is 8.67. The van der Waals surface area contributed by atoms with Crippen LogP contribution in [0.4, 0.5) is 0 Å². The van der Waals surface area contributed by atoms with Crippen molar-refractivity contribution in [2.45, 2.75) is 18.9 Å². The Morgan fingerprint density at radius 2 is 2.55 bits per heavy atom. The molecule has 60 valence electrons. The zero-order valence-electron chi connectivity index (χ0n) is 6.29. The van der Waals surface area contributed by atoms with Crippen LogP contribution in [-0.4, -0.2) is 35.1 Å². The summed E-state index contributed by atoms with van der Waals surface area (Å²) in [4.78, 5) is 12.8. The topological polar surface area (TPSA) is 40.5 Å². The lowest BCUT2D eigenvalue weighted by Gasteiger charge is -2.12. The van der Waals surface area contributed by atoms with E-state index in [1.807, 2.05) is 6.08 Å². The van der Waals surface area contributed by atoms with E-state index in [1.165, 1.54) is 6.42 Å². The average molecular weight is 153 g/mol. The van der Waals surface area contributed by atoms with E-state index >= 15 is 0 Å². The maximum Gasteiger partial charge on any atom is 0.332 e. The molecule has 11 heavy (non-hydrogen) atoms. The Morgan fingerprint density at radius 3 is 3.18 bits per heavy atom. The highest BCUT2D eigenvalue weighted by Gasteiger charge is 2.30. The average Bonchev–Trinajstić information content (AvgIpc) is 2.40. The maximum atomic E-state index is 10.5. The SMILES string of the molecule is O=C(O)C1=CC2CCCN2C1. The molecule has 0 amide bonds. The van der Waals surface area contributed by atoms with Gasteiger partial charge in [0.25, 0.3) is 0 Å². The maximum absolute atomic E-state index is 10.5. The largest absolute Gasteiger partial charge is 0.478 e. The van der Waals surface area contributed by atoms with Crippen LogP contribution in [0, 0.1) is 0 Å². The minimum atomic E-state index is -0.751. The van der Waals surface area contributed by atoms with E-state index in [9.17, 15) is 4.79 Å². The summed E-state index contributed by atoms with van der Waals surface area (Å²) < 4.78 is 0. The molecular formula is C8H11NO2. The molecule has 1 atom stereocenters. The number of aliphatic carboxylic acids is 1. The van der Waals surface area contributed by atoms with Crippen LogP contribution >= 0.6 is 0 Å². The highest BCUT2D eigenvalue weighted by molar-refractivity contribution is 5.87. The number of nitrogens with zero attached hydrogens (tertiary/aromatic N) is 1. The van der Waals surface area contributed by atoms with Gasteiger partial charge in [-0.05, 0) is 19.4 Å². The molecule has 0 aromatic heterocycles. The summed E-state index contributed by atoms with van der Waals surface area (Å²) in [6, 6.07) is 0.432. The molecule has 0 bridgehead atoms. The molecule has 3 nitrogen and oxygen atoms in total. The third-order valence-corrected chi connectivity index (χ3v) is 2.46. The van der Waals surface area contributed by atoms with Crippen LogP contribution in [0.15, 0.2) is 11.6 Å². The van der Waals surface area contributed by atoms with E-state index in [0.717, 1.165) is 13.0 Å². The van der Waals surface area contributed by atoms with Crippen molar-refractivity contribution in [3.63, 3.8) is 0 Å². The minimum Gasteiger partial charge on any atom is -0.478 e. The highest BCUT2D eigenvalue weighted by Crippen LogP contribution is 2.25. The number of hydrogen-bond donors (Lipinski definition) is 1. The second-order valence-corrected chi connectivity index (χ2v) is 3.18. The summed E-state index contributed by atoms with van der Waals surface area (Å²) in [6.07, 6.45) is 4.25. The number of carboxylic acids is 1. The quantitative estimate of drug-likeness (QED) is 0.595. The first-order valence-corrected chi connectivity index (χ1v) is 3.95. The predicted molar refractivity (Wildman–Crippen MR) is 40.3 cm³/mol. The second-order valence-electron chi connectivity index (χ2n) is 3.18. The monoisotopic (exact) mass is 153 g/mol. The Bertz CT molecular complexity index is 222. The lowest BCUT2D eigenvalue weighted by Crippen LogP contribution is -2.24. The van der Waals surface area contributed by atoms with E-state index in [4.69, 9.17) is 5.11 Å². The van der Waals surface area contributed by atoms with Gasteiger partial charge in [-0.25, -0.2) is 4.79 Å². The van der Waals surface area contributed by atoms with Gasteiger partial charge in [-0.3, -0.25) is 4.90 Å². The number of fused-ring (bicyclic) bond motifs is 1. The van der Waals surface area contributed by atoms with Crippen LogP contribution in [-0.2, 0) is 4.79 Å². The summed E-state index contributed by atoms with van der Waals surface area (Å²) in [6.45, 7) is 1.72. The number of carboxylic acid groups (broad SMARTS) is 1. The molecule has 2 aliphatic rings. The lowest BCUT2D eigenvalue weighted by atomic mass is 10.2. The lowest BCUT2D eigenvalue weighted by molar-refractivity contribution is -0.132. The Labute approximate surface area is 65.3 Å². The zero-order chi connectivity index (χ0) is 7.84. The molecule has 1 unspecified atom stereocenters. The first-order valence-electron chi connectivity index (χ1n) is 3.95. The molecule has 2 rings (SSSR count). The molecule has 0 aliphatic carbocycles. The first kappa shape index (κ1) is 6.85. The van der Waals surface area contributed by atoms with Crippen LogP contribution < -0.4 is 0 Å². The van der Waals surface area contributed by atoms with Gasteiger partial charge in [-0.2, -0.15) is 0 Å². The predicted octanol–water partition coefficient (Wildman–Crippen LogP) is 0.475. The van der Waals surface area contributed by atoms with E-state index in [0.29, 0.717) is 18.2 Å². The minimum absolute atomic E-state index is 0.432.